The fraction of sp³-hybridized carbons (Fsp3) is 0.158. The summed E-state index contributed by atoms with van der Waals surface area (Å²) in [5, 5.41) is 17.2. The van der Waals surface area contributed by atoms with E-state index in [9.17, 15) is 4.79 Å². The second kappa shape index (κ2) is 7.90. The minimum Gasteiger partial charge on any atom is -0.325 e. The molecule has 2 heterocycles. The number of thioether (sulfide) groups is 1. The molecule has 28 heavy (non-hydrogen) atoms. The molecule has 4 aromatic rings. The molecule has 142 valence electrons. The summed E-state index contributed by atoms with van der Waals surface area (Å²) in [6, 6.07) is 13.3. The molecule has 0 spiro atoms. The first-order chi connectivity index (χ1) is 13.5. The quantitative estimate of drug-likeness (QED) is 0.459. The number of nitrogens with zero attached hydrogens (tertiary/aromatic N) is 4. The summed E-state index contributed by atoms with van der Waals surface area (Å²) >= 11 is 8.84. The van der Waals surface area contributed by atoms with Crippen molar-refractivity contribution in [3.8, 4) is 10.6 Å². The smallest absolute Gasteiger partial charge is 0.234 e. The van der Waals surface area contributed by atoms with Gasteiger partial charge in [-0.2, -0.15) is 9.61 Å². The van der Waals surface area contributed by atoms with Crippen LogP contribution in [0.15, 0.2) is 47.4 Å². The van der Waals surface area contributed by atoms with Crippen LogP contribution in [0.3, 0.4) is 0 Å². The van der Waals surface area contributed by atoms with Crippen molar-refractivity contribution < 1.29 is 4.79 Å². The van der Waals surface area contributed by atoms with Gasteiger partial charge in [0.05, 0.1) is 5.75 Å². The van der Waals surface area contributed by atoms with E-state index in [2.05, 4.69) is 20.6 Å². The number of aryl methyl sites for hydroxylation is 2. The van der Waals surface area contributed by atoms with Gasteiger partial charge in [-0.3, -0.25) is 4.79 Å². The van der Waals surface area contributed by atoms with Gasteiger partial charge in [0.1, 0.15) is 5.01 Å². The fourth-order valence-electron chi connectivity index (χ4n) is 2.63. The van der Waals surface area contributed by atoms with Crippen molar-refractivity contribution in [1.82, 2.24) is 19.8 Å². The summed E-state index contributed by atoms with van der Waals surface area (Å²) in [7, 11) is 0. The lowest BCUT2D eigenvalue weighted by molar-refractivity contribution is -0.113. The van der Waals surface area contributed by atoms with Gasteiger partial charge in [-0.05, 0) is 61.9 Å². The molecule has 0 unspecified atom stereocenters. The number of nitrogens with one attached hydrogen (secondary N) is 1. The monoisotopic (exact) mass is 429 g/mol. The first kappa shape index (κ1) is 18.9. The van der Waals surface area contributed by atoms with Crippen molar-refractivity contribution in [3.63, 3.8) is 0 Å². The number of hydrogen-bond acceptors (Lipinski definition) is 6. The minimum absolute atomic E-state index is 0.0507. The Hall–Kier alpha value is -2.42. The van der Waals surface area contributed by atoms with Crippen LogP contribution in [0, 0.1) is 13.8 Å². The number of amides is 1. The van der Waals surface area contributed by atoms with E-state index < -0.39 is 0 Å². The molecule has 0 fully saturated rings. The summed E-state index contributed by atoms with van der Waals surface area (Å²) < 4.78 is 1.74. The van der Waals surface area contributed by atoms with Gasteiger partial charge in [-0.25, -0.2) is 0 Å². The normalized spacial score (nSPS) is 11.1. The van der Waals surface area contributed by atoms with Crippen LogP contribution in [0.5, 0.6) is 0 Å². The zero-order valence-corrected chi connectivity index (χ0v) is 17.5. The highest BCUT2D eigenvalue weighted by atomic mass is 35.5. The van der Waals surface area contributed by atoms with Crippen LogP contribution in [0.1, 0.15) is 11.4 Å². The molecule has 2 aromatic heterocycles. The van der Waals surface area contributed by atoms with E-state index in [-0.39, 0.29) is 5.91 Å². The van der Waals surface area contributed by atoms with Gasteiger partial charge in [0, 0.05) is 21.2 Å². The van der Waals surface area contributed by atoms with E-state index in [0.717, 1.165) is 37.5 Å². The van der Waals surface area contributed by atoms with Gasteiger partial charge < -0.3 is 5.32 Å². The number of aromatic nitrogens is 4. The highest BCUT2D eigenvalue weighted by molar-refractivity contribution is 8.00. The Kier molecular flexibility index (Phi) is 5.34. The molecule has 4 rings (SSSR count). The van der Waals surface area contributed by atoms with E-state index in [1.807, 2.05) is 56.3 Å². The third-order valence-corrected chi connectivity index (χ3v) is 6.29. The van der Waals surface area contributed by atoms with E-state index in [0.29, 0.717) is 10.8 Å². The summed E-state index contributed by atoms with van der Waals surface area (Å²) in [4.78, 5) is 14.1. The molecular formula is C19H16ClN5OS2. The zero-order chi connectivity index (χ0) is 19.7. The van der Waals surface area contributed by atoms with Crippen LogP contribution in [-0.2, 0) is 4.79 Å². The Labute approximate surface area is 174 Å². The molecule has 0 saturated carbocycles. The Morgan fingerprint density at radius 2 is 1.96 bits per heavy atom. The number of rotatable bonds is 5. The van der Waals surface area contributed by atoms with Crippen molar-refractivity contribution in [2.24, 2.45) is 0 Å². The SMILES string of the molecule is Cc1cc(-c2nn3c(C)nnc3s2)ccc1NC(=O)CSc1ccc(Cl)cc1. The highest BCUT2D eigenvalue weighted by Gasteiger charge is 2.12. The largest absolute Gasteiger partial charge is 0.325 e. The molecule has 0 saturated heterocycles. The van der Waals surface area contributed by atoms with Crippen molar-refractivity contribution >= 4 is 51.3 Å². The van der Waals surface area contributed by atoms with Crippen LogP contribution in [-0.4, -0.2) is 31.5 Å². The molecule has 0 aliphatic carbocycles. The molecule has 6 nitrogen and oxygen atoms in total. The predicted octanol–water partition coefficient (Wildman–Crippen LogP) is 4.85. The molecule has 0 aliphatic rings. The second-order valence-corrected chi connectivity index (χ2v) is 8.61. The highest BCUT2D eigenvalue weighted by Crippen LogP contribution is 2.29. The Morgan fingerprint density at radius 1 is 1.18 bits per heavy atom. The predicted molar refractivity (Wildman–Crippen MR) is 114 cm³/mol. The van der Waals surface area contributed by atoms with Gasteiger partial charge in [-0.1, -0.05) is 22.9 Å². The summed E-state index contributed by atoms with van der Waals surface area (Å²) in [5.74, 6) is 1.04. The van der Waals surface area contributed by atoms with E-state index >= 15 is 0 Å². The number of carbonyl (C=O) groups is 1. The Morgan fingerprint density at radius 3 is 2.68 bits per heavy atom. The number of benzene rings is 2. The Bertz CT molecular complexity index is 1150. The van der Waals surface area contributed by atoms with Crippen LogP contribution in [0.25, 0.3) is 15.5 Å². The van der Waals surface area contributed by atoms with Gasteiger partial charge in [0.25, 0.3) is 0 Å². The van der Waals surface area contributed by atoms with Crippen LogP contribution in [0.2, 0.25) is 5.02 Å². The third-order valence-electron chi connectivity index (χ3n) is 4.08. The zero-order valence-electron chi connectivity index (χ0n) is 15.1. The minimum atomic E-state index is -0.0507. The van der Waals surface area contributed by atoms with Crippen LogP contribution in [0.4, 0.5) is 5.69 Å². The molecule has 1 N–H and O–H groups in total. The molecule has 1 amide bonds. The summed E-state index contributed by atoms with van der Waals surface area (Å²) in [5.41, 5.74) is 2.76. The number of anilines is 1. The van der Waals surface area contributed by atoms with Gasteiger partial charge in [0.2, 0.25) is 10.9 Å². The molecule has 0 aliphatic heterocycles. The maximum atomic E-state index is 12.3. The molecule has 9 heteroatoms. The molecule has 2 aromatic carbocycles. The average Bonchev–Trinajstić information content (AvgIpc) is 3.25. The third kappa shape index (κ3) is 4.04. The van der Waals surface area contributed by atoms with Crippen LogP contribution >= 0.6 is 34.7 Å². The number of fused-ring (bicyclic) bond motifs is 1. The number of hydrogen-bond donors (Lipinski definition) is 1. The number of halogens is 1. The maximum absolute atomic E-state index is 12.3. The summed E-state index contributed by atoms with van der Waals surface area (Å²) in [6.45, 7) is 3.84. The van der Waals surface area contributed by atoms with Gasteiger partial charge in [0.15, 0.2) is 5.82 Å². The topological polar surface area (TPSA) is 72.2 Å². The van der Waals surface area contributed by atoms with E-state index in [1.54, 1.807) is 4.52 Å². The van der Waals surface area contributed by atoms with Crippen molar-refractivity contribution in [1.29, 1.82) is 0 Å². The van der Waals surface area contributed by atoms with Gasteiger partial charge in [-0.15, -0.1) is 22.0 Å². The van der Waals surface area contributed by atoms with E-state index in [1.165, 1.54) is 23.1 Å². The maximum Gasteiger partial charge on any atom is 0.234 e. The van der Waals surface area contributed by atoms with E-state index in [4.69, 9.17) is 11.6 Å². The molecular weight excluding hydrogens is 414 g/mol. The average molecular weight is 430 g/mol. The molecule has 0 bridgehead atoms. The Balaban J connectivity index is 1.43. The lowest BCUT2D eigenvalue weighted by Crippen LogP contribution is -2.14. The standard InChI is InChI=1S/C19H16ClN5OS2/c1-11-9-13(18-24-25-12(2)22-23-19(25)28-18)3-8-16(11)21-17(26)10-27-15-6-4-14(20)5-7-15/h3-9H,10H2,1-2H3,(H,21,26). The van der Waals surface area contributed by atoms with Crippen molar-refractivity contribution in [3.05, 3.63) is 58.9 Å². The second-order valence-electron chi connectivity index (χ2n) is 6.17. The van der Waals surface area contributed by atoms with Crippen molar-refractivity contribution in [2.75, 3.05) is 11.1 Å². The lowest BCUT2D eigenvalue weighted by Gasteiger charge is -2.09. The lowest BCUT2D eigenvalue weighted by atomic mass is 10.1. The van der Waals surface area contributed by atoms with Crippen molar-refractivity contribution in [2.45, 2.75) is 18.7 Å². The first-order valence-electron chi connectivity index (χ1n) is 8.48. The van der Waals surface area contributed by atoms with Gasteiger partial charge >= 0.3 is 0 Å². The molecule has 0 atom stereocenters. The number of carbonyl (C=O) groups excluding carboxylic acids is 1. The van der Waals surface area contributed by atoms with Crippen LogP contribution < -0.4 is 5.32 Å². The summed E-state index contributed by atoms with van der Waals surface area (Å²) in [6.07, 6.45) is 0. The first-order valence-corrected chi connectivity index (χ1v) is 10.7. The fourth-order valence-corrected chi connectivity index (χ4v) is 4.34. The molecule has 0 radical (unpaired) electrons.